The Morgan fingerprint density at radius 1 is 1.22 bits per heavy atom. The molecular weight excluding hydrogens is 454 g/mol. The van der Waals surface area contributed by atoms with Crippen LogP contribution >= 0.6 is 23.2 Å². The molecule has 0 bridgehead atoms. The highest BCUT2D eigenvalue weighted by atomic mass is 35.5. The third-order valence-corrected chi connectivity index (χ3v) is 5.43. The third-order valence-electron chi connectivity index (χ3n) is 4.82. The van der Waals surface area contributed by atoms with Crippen LogP contribution in [0, 0.1) is 5.82 Å². The number of aromatic amines is 1. The number of pyridine rings is 1. The Labute approximate surface area is 193 Å². The van der Waals surface area contributed by atoms with Gasteiger partial charge in [0, 0.05) is 28.9 Å². The van der Waals surface area contributed by atoms with Crippen LogP contribution in [0.3, 0.4) is 0 Å². The lowest BCUT2D eigenvalue weighted by Crippen LogP contribution is -2.08. The highest BCUT2D eigenvalue weighted by molar-refractivity contribution is 6.35. The van der Waals surface area contributed by atoms with Crippen molar-refractivity contribution in [3.8, 4) is 17.0 Å². The van der Waals surface area contributed by atoms with Crippen LogP contribution in [0.1, 0.15) is 18.6 Å². The molecule has 1 amide bonds. The third kappa shape index (κ3) is 4.30. The summed E-state index contributed by atoms with van der Waals surface area (Å²) >= 11 is 12.5. The first-order valence-electron chi connectivity index (χ1n) is 9.54. The van der Waals surface area contributed by atoms with Crippen molar-refractivity contribution in [1.29, 1.82) is 0 Å². The quantitative estimate of drug-likeness (QED) is 0.322. The largest absolute Gasteiger partial charge is 0.486 e. The zero-order chi connectivity index (χ0) is 22.8. The van der Waals surface area contributed by atoms with Crippen molar-refractivity contribution in [2.24, 2.45) is 0 Å². The maximum absolute atomic E-state index is 13.8. The summed E-state index contributed by atoms with van der Waals surface area (Å²) in [4.78, 5) is 15.8. The van der Waals surface area contributed by atoms with E-state index >= 15 is 0 Å². The van der Waals surface area contributed by atoms with Gasteiger partial charge in [0.2, 0.25) is 5.91 Å². The molecule has 0 aliphatic rings. The average molecular weight is 471 g/mol. The van der Waals surface area contributed by atoms with Crippen LogP contribution in [-0.4, -0.2) is 21.1 Å². The second kappa shape index (κ2) is 8.98. The van der Waals surface area contributed by atoms with E-state index in [1.54, 1.807) is 18.2 Å². The molecule has 2 N–H and O–H groups in total. The maximum atomic E-state index is 13.8. The summed E-state index contributed by atoms with van der Waals surface area (Å²) in [5, 5.41) is 11.5. The van der Waals surface area contributed by atoms with Crippen molar-refractivity contribution < 1.29 is 13.9 Å². The van der Waals surface area contributed by atoms with Gasteiger partial charge in [-0.2, -0.15) is 5.10 Å². The van der Waals surface area contributed by atoms with Gasteiger partial charge in [0.1, 0.15) is 23.4 Å². The Morgan fingerprint density at radius 3 is 2.69 bits per heavy atom. The minimum absolute atomic E-state index is 0.276. The van der Waals surface area contributed by atoms with E-state index in [1.807, 2.05) is 13.0 Å². The lowest BCUT2D eigenvalue weighted by atomic mass is 10.0. The summed E-state index contributed by atoms with van der Waals surface area (Å²) in [6, 6.07) is 9.48. The number of nitrogens with one attached hydrogen (secondary N) is 2. The Hall–Kier alpha value is -3.42. The number of carbonyl (C=O) groups excluding carboxylic acids is 1. The number of anilines is 1. The highest BCUT2D eigenvalue weighted by Gasteiger charge is 2.18. The molecule has 0 fully saturated rings. The zero-order valence-corrected chi connectivity index (χ0v) is 18.3. The number of amides is 1. The summed E-state index contributed by atoms with van der Waals surface area (Å²) in [6.07, 6.45) is 3.68. The highest BCUT2D eigenvalue weighted by Crippen LogP contribution is 2.36. The predicted molar refractivity (Wildman–Crippen MR) is 124 cm³/mol. The maximum Gasteiger partial charge on any atom is 0.247 e. The predicted octanol–water partition coefficient (Wildman–Crippen LogP) is 6.34. The number of ether oxygens (including phenoxy) is 1. The van der Waals surface area contributed by atoms with Crippen LogP contribution in [-0.2, 0) is 4.79 Å². The number of hydrogen-bond acceptors (Lipinski definition) is 4. The van der Waals surface area contributed by atoms with Crippen LogP contribution in [0.25, 0.3) is 22.2 Å². The van der Waals surface area contributed by atoms with E-state index in [9.17, 15) is 9.18 Å². The van der Waals surface area contributed by atoms with Crippen LogP contribution in [0.2, 0.25) is 10.0 Å². The molecule has 0 spiro atoms. The lowest BCUT2D eigenvalue weighted by Gasteiger charge is -2.17. The Balaban J connectivity index is 1.73. The minimum atomic E-state index is -0.489. The molecule has 9 heteroatoms. The van der Waals surface area contributed by atoms with Gasteiger partial charge in [-0.1, -0.05) is 29.8 Å². The van der Waals surface area contributed by atoms with E-state index in [-0.39, 0.29) is 5.69 Å². The van der Waals surface area contributed by atoms with Gasteiger partial charge in [0.25, 0.3) is 0 Å². The SMILES string of the molecule is C=CC(=O)Nc1cc(F)ccc1-c1n[nH]c2ccc(O[C@H](C)c3c(Cl)cncc3Cl)cc12. The molecule has 4 aromatic rings. The molecule has 162 valence electrons. The van der Waals surface area contributed by atoms with Crippen molar-refractivity contribution in [2.45, 2.75) is 13.0 Å². The summed E-state index contributed by atoms with van der Waals surface area (Å²) in [7, 11) is 0. The first-order chi connectivity index (χ1) is 15.4. The molecule has 6 nitrogen and oxygen atoms in total. The fourth-order valence-electron chi connectivity index (χ4n) is 3.35. The Bertz CT molecular complexity index is 1320. The summed E-state index contributed by atoms with van der Waals surface area (Å²) in [5.41, 5.74) is 2.71. The van der Waals surface area contributed by atoms with Gasteiger partial charge in [0.15, 0.2) is 0 Å². The number of carbonyl (C=O) groups is 1. The van der Waals surface area contributed by atoms with Crippen LogP contribution in [0.5, 0.6) is 5.75 Å². The van der Waals surface area contributed by atoms with Gasteiger partial charge in [0.05, 0.1) is 21.2 Å². The Morgan fingerprint density at radius 2 is 1.97 bits per heavy atom. The van der Waals surface area contributed by atoms with Gasteiger partial charge in [-0.05, 0) is 49.4 Å². The van der Waals surface area contributed by atoms with E-state index in [2.05, 4.69) is 27.1 Å². The minimum Gasteiger partial charge on any atom is -0.486 e. The van der Waals surface area contributed by atoms with Crippen molar-refractivity contribution >= 4 is 45.7 Å². The number of H-pyrrole nitrogens is 1. The summed E-state index contributed by atoms with van der Waals surface area (Å²) in [6.45, 7) is 5.26. The van der Waals surface area contributed by atoms with Gasteiger partial charge in [-0.3, -0.25) is 14.9 Å². The fourth-order valence-corrected chi connectivity index (χ4v) is 4.03. The first-order valence-corrected chi connectivity index (χ1v) is 10.3. The van der Waals surface area contributed by atoms with Crippen molar-refractivity contribution in [3.63, 3.8) is 0 Å². The van der Waals surface area contributed by atoms with E-state index in [0.717, 1.165) is 17.0 Å². The van der Waals surface area contributed by atoms with Crippen LogP contribution < -0.4 is 10.1 Å². The first kappa shape index (κ1) is 21.8. The second-order valence-corrected chi connectivity index (χ2v) is 7.75. The van der Waals surface area contributed by atoms with Crippen molar-refractivity contribution in [1.82, 2.24) is 15.2 Å². The molecule has 32 heavy (non-hydrogen) atoms. The normalized spacial score (nSPS) is 11.9. The fraction of sp³-hybridized carbons (Fsp3) is 0.0870. The van der Waals surface area contributed by atoms with E-state index in [4.69, 9.17) is 27.9 Å². The molecule has 2 heterocycles. The monoisotopic (exact) mass is 470 g/mol. The molecule has 0 aliphatic carbocycles. The molecule has 1 atom stereocenters. The van der Waals surface area contributed by atoms with E-state index in [0.29, 0.717) is 32.6 Å². The Kier molecular flexibility index (Phi) is 6.12. The molecule has 2 aromatic heterocycles. The number of benzene rings is 2. The van der Waals surface area contributed by atoms with E-state index < -0.39 is 17.8 Å². The molecular formula is C23H17Cl2FN4O2. The van der Waals surface area contributed by atoms with E-state index in [1.165, 1.54) is 24.5 Å². The van der Waals surface area contributed by atoms with Crippen LogP contribution in [0.15, 0.2) is 61.4 Å². The smallest absolute Gasteiger partial charge is 0.247 e. The van der Waals surface area contributed by atoms with Gasteiger partial charge in [-0.25, -0.2) is 4.39 Å². The lowest BCUT2D eigenvalue weighted by molar-refractivity contribution is -0.111. The van der Waals surface area contributed by atoms with Crippen LogP contribution in [0.4, 0.5) is 10.1 Å². The standard InChI is InChI=1S/C23H17Cl2FN4O2/c1-3-21(31)28-20-8-13(26)4-6-15(20)23-16-9-14(5-7-19(16)29-30-23)32-12(2)22-17(24)10-27-11-18(22)25/h3-12H,1H2,2H3,(H,28,31)(H,29,30)/t12-/m1/s1. The number of hydrogen-bond donors (Lipinski definition) is 2. The summed E-state index contributed by atoms with van der Waals surface area (Å²) < 4.78 is 19.9. The number of fused-ring (bicyclic) bond motifs is 1. The summed E-state index contributed by atoms with van der Waals surface area (Å²) in [5.74, 6) is -0.395. The molecule has 0 aliphatic heterocycles. The number of halogens is 3. The number of rotatable bonds is 6. The molecule has 4 rings (SSSR count). The molecule has 0 unspecified atom stereocenters. The van der Waals surface area contributed by atoms with Gasteiger partial charge >= 0.3 is 0 Å². The molecule has 0 saturated heterocycles. The number of aromatic nitrogens is 3. The number of nitrogens with zero attached hydrogens (tertiary/aromatic N) is 2. The topological polar surface area (TPSA) is 79.9 Å². The van der Waals surface area contributed by atoms with Crippen molar-refractivity contribution in [3.05, 3.63) is 82.9 Å². The molecule has 2 aromatic carbocycles. The van der Waals surface area contributed by atoms with Gasteiger partial charge in [-0.15, -0.1) is 0 Å². The van der Waals surface area contributed by atoms with Crippen molar-refractivity contribution in [2.75, 3.05) is 5.32 Å². The zero-order valence-electron chi connectivity index (χ0n) is 16.8. The average Bonchev–Trinajstić information content (AvgIpc) is 3.16. The van der Waals surface area contributed by atoms with Gasteiger partial charge < -0.3 is 10.1 Å². The molecule has 0 radical (unpaired) electrons. The second-order valence-electron chi connectivity index (χ2n) is 6.94. The molecule has 0 saturated carbocycles.